The third kappa shape index (κ3) is 2.32. The van der Waals surface area contributed by atoms with Gasteiger partial charge < -0.3 is 5.73 Å². The van der Waals surface area contributed by atoms with Gasteiger partial charge in [0.2, 0.25) is 5.95 Å². The van der Waals surface area contributed by atoms with E-state index in [2.05, 4.69) is 11.6 Å². The molecule has 1 rings (SSSR count). The second kappa shape index (κ2) is 4.09. The molecule has 0 aliphatic carbocycles. The normalized spacial score (nSPS) is 12.5. The maximum atomic E-state index is 12.7. The fourth-order valence-corrected chi connectivity index (χ4v) is 0.954. The van der Waals surface area contributed by atoms with Crippen LogP contribution in [0.3, 0.4) is 0 Å². The van der Waals surface area contributed by atoms with Crippen LogP contribution in [0.2, 0.25) is 0 Å². The van der Waals surface area contributed by atoms with E-state index >= 15 is 0 Å². The highest BCUT2D eigenvalue weighted by Crippen LogP contribution is 2.15. The minimum atomic E-state index is -1.10. The molecule has 1 heterocycles. The molecule has 1 atom stereocenters. The van der Waals surface area contributed by atoms with Crippen LogP contribution in [0.4, 0.5) is 8.78 Å². The second-order valence-electron chi connectivity index (χ2n) is 2.67. The minimum absolute atomic E-state index is 0.375. The van der Waals surface area contributed by atoms with Crippen molar-refractivity contribution in [2.45, 2.75) is 12.5 Å². The van der Waals surface area contributed by atoms with E-state index in [0.29, 0.717) is 12.0 Å². The molecule has 0 radical (unpaired) electrons. The molecule has 2 N–H and O–H groups in total. The Morgan fingerprint density at radius 1 is 1.62 bits per heavy atom. The van der Waals surface area contributed by atoms with Crippen LogP contribution in [0.25, 0.3) is 0 Å². The van der Waals surface area contributed by atoms with Crippen molar-refractivity contribution in [3.63, 3.8) is 0 Å². The van der Waals surface area contributed by atoms with Crippen LogP contribution in [-0.4, -0.2) is 4.98 Å². The van der Waals surface area contributed by atoms with Gasteiger partial charge in [-0.3, -0.25) is 0 Å². The summed E-state index contributed by atoms with van der Waals surface area (Å²) in [4.78, 5) is 3.23. The van der Waals surface area contributed by atoms with Gasteiger partial charge in [0.05, 0.1) is 0 Å². The van der Waals surface area contributed by atoms with Crippen molar-refractivity contribution in [3.05, 3.63) is 42.2 Å². The Morgan fingerprint density at radius 2 is 2.31 bits per heavy atom. The standard InChI is InChI=1S/C9H10F2N2/c1-2-3-8(12)6-4-7(10)9(11)13-5-6/h2,4-5,8H,1,3,12H2/t8-/m1/s1. The Balaban J connectivity index is 2.89. The topological polar surface area (TPSA) is 38.9 Å². The number of hydrogen-bond acceptors (Lipinski definition) is 2. The van der Waals surface area contributed by atoms with Gasteiger partial charge in [-0.2, -0.15) is 4.39 Å². The van der Waals surface area contributed by atoms with Crippen molar-refractivity contribution in [1.29, 1.82) is 0 Å². The predicted octanol–water partition coefficient (Wildman–Crippen LogP) is 1.94. The third-order valence-corrected chi connectivity index (χ3v) is 1.67. The first-order valence-corrected chi connectivity index (χ1v) is 3.82. The molecule has 1 aromatic rings. The molecule has 0 aromatic carbocycles. The average Bonchev–Trinajstić information content (AvgIpc) is 2.10. The van der Waals surface area contributed by atoms with Crippen LogP contribution >= 0.6 is 0 Å². The minimum Gasteiger partial charge on any atom is -0.324 e. The predicted molar refractivity (Wildman–Crippen MR) is 45.9 cm³/mol. The lowest BCUT2D eigenvalue weighted by molar-refractivity contribution is 0.475. The number of halogens is 2. The highest BCUT2D eigenvalue weighted by atomic mass is 19.2. The molecule has 0 aliphatic rings. The maximum absolute atomic E-state index is 12.7. The van der Waals surface area contributed by atoms with Gasteiger partial charge in [0.1, 0.15) is 0 Å². The summed E-state index contributed by atoms with van der Waals surface area (Å²) in [5.41, 5.74) is 6.10. The lowest BCUT2D eigenvalue weighted by Crippen LogP contribution is -2.10. The van der Waals surface area contributed by atoms with Crippen LogP contribution in [0, 0.1) is 11.8 Å². The van der Waals surface area contributed by atoms with Gasteiger partial charge in [0.15, 0.2) is 5.82 Å². The number of rotatable bonds is 3. The van der Waals surface area contributed by atoms with E-state index < -0.39 is 11.8 Å². The molecular formula is C9H10F2N2. The van der Waals surface area contributed by atoms with Crippen LogP contribution in [0.5, 0.6) is 0 Å². The summed E-state index contributed by atoms with van der Waals surface area (Å²) in [6, 6.07) is 0.677. The molecule has 2 nitrogen and oxygen atoms in total. The van der Waals surface area contributed by atoms with Gasteiger partial charge in [0.25, 0.3) is 0 Å². The first-order valence-electron chi connectivity index (χ1n) is 3.82. The number of aromatic nitrogens is 1. The van der Waals surface area contributed by atoms with Crippen LogP contribution in [0.15, 0.2) is 24.9 Å². The van der Waals surface area contributed by atoms with Crippen LogP contribution in [0.1, 0.15) is 18.0 Å². The van der Waals surface area contributed by atoms with E-state index in [0.717, 1.165) is 6.07 Å². The zero-order chi connectivity index (χ0) is 9.84. The van der Waals surface area contributed by atoms with Gasteiger partial charge in [0, 0.05) is 12.2 Å². The van der Waals surface area contributed by atoms with Crippen molar-refractivity contribution in [2.75, 3.05) is 0 Å². The van der Waals surface area contributed by atoms with Gasteiger partial charge in [-0.05, 0) is 18.1 Å². The smallest absolute Gasteiger partial charge is 0.248 e. The van der Waals surface area contributed by atoms with Crippen molar-refractivity contribution in [2.24, 2.45) is 5.73 Å². The molecule has 4 heteroatoms. The van der Waals surface area contributed by atoms with Crippen LogP contribution < -0.4 is 5.73 Å². The Hall–Kier alpha value is -1.29. The maximum Gasteiger partial charge on any atom is 0.248 e. The molecule has 0 saturated carbocycles. The van der Waals surface area contributed by atoms with Crippen molar-refractivity contribution >= 4 is 0 Å². The number of nitrogens with zero attached hydrogens (tertiary/aromatic N) is 1. The molecule has 0 bridgehead atoms. The Morgan fingerprint density at radius 3 is 2.85 bits per heavy atom. The molecule has 0 aliphatic heterocycles. The first kappa shape index (κ1) is 9.80. The molecule has 70 valence electrons. The number of hydrogen-bond donors (Lipinski definition) is 1. The largest absolute Gasteiger partial charge is 0.324 e. The third-order valence-electron chi connectivity index (χ3n) is 1.67. The summed E-state index contributed by atoms with van der Waals surface area (Å²) in [6.07, 6.45) is 3.35. The summed E-state index contributed by atoms with van der Waals surface area (Å²) in [5.74, 6) is -2.08. The van der Waals surface area contributed by atoms with Gasteiger partial charge in [-0.25, -0.2) is 9.37 Å². The van der Waals surface area contributed by atoms with Gasteiger partial charge in [-0.1, -0.05) is 6.08 Å². The highest BCUT2D eigenvalue weighted by molar-refractivity contribution is 5.15. The van der Waals surface area contributed by atoms with E-state index in [-0.39, 0.29) is 6.04 Å². The fourth-order valence-electron chi connectivity index (χ4n) is 0.954. The first-order chi connectivity index (χ1) is 6.15. The molecule has 0 unspecified atom stereocenters. The number of nitrogens with two attached hydrogens (primary N) is 1. The highest BCUT2D eigenvalue weighted by Gasteiger charge is 2.08. The monoisotopic (exact) mass is 184 g/mol. The van der Waals surface area contributed by atoms with E-state index in [4.69, 9.17) is 5.73 Å². The fraction of sp³-hybridized carbons (Fsp3) is 0.222. The Labute approximate surface area is 75.1 Å². The van der Waals surface area contributed by atoms with Crippen molar-refractivity contribution in [3.8, 4) is 0 Å². The van der Waals surface area contributed by atoms with Crippen LogP contribution in [-0.2, 0) is 0 Å². The molecule has 0 saturated heterocycles. The van der Waals surface area contributed by atoms with E-state index in [1.807, 2.05) is 0 Å². The Bertz CT molecular complexity index is 312. The molecule has 0 fully saturated rings. The zero-order valence-electron chi connectivity index (χ0n) is 7.00. The van der Waals surface area contributed by atoms with Crippen molar-refractivity contribution in [1.82, 2.24) is 4.98 Å². The zero-order valence-corrected chi connectivity index (χ0v) is 7.00. The molecule has 0 spiro atoms. The second-order valence-corrected chi connectivity index (χ2v) is 2.67. The van der Waals surface area contributed by atoms with Gasteiger partial charge in [-0.15, -0.1) is 6.58 Å². The van der Waals surface area contributed by atoms with E-state index in [9.17, 15) is 8.78 Å². The Kier molecular flexibility index (Phi) is 3.08. The summed E-state index contributed by atoms with van der Waals surface area (Å²) in [5, 5.41) is 0. The SMILES string of the molecule is C=CC[C@@H](N)c1cnc(F)c(F)c1. The molecule has 1 aromatic heterocycles. The lowest BCUT2D eigenvalue weighted by Gasteiger charge is -2.08. The number of pyridine rings is 1. The van der Waals surface area contributed by atoms with Crippen molar-refractivity contribution < 1.29 is 8.78 Å². The average molecular weight is 184 g/mol. The quantitative estimate of drug-likeness (QED) is 0.576. The van der Waals surface area contributed by atoms with Gasteiger partial charge >= 0.3 is 0 Å². The van der Waals surface area contributed by atoms with E-state index in [1.165, 1.54) is 6.20 Å². The molecular weight excluding hydrogens is 174 g/mol. The summed E-state index contributed by atoms with van der Waals surface area (Å²) >= 11 is 0. The molecule has 0 amide bonds. The summed E-state index contributed by atoms with van der Waals surface area (Å²) in [6.45, 7) is 3.50. The molecule has 13 heavy (non-hydrogen) atoms. The summed E-state index contributed by atoms with van der Waals surface area (Å²) in [7, 11) is 0. The lowest BCUT2D eigenvalue weighted by atomic mass is 10.1. The van der Waals surface area contributed by atoms with E-state index in [1.54, 1.807) is 6.08 Å². The summed E-state index contributed by atoms with van der Waals surface area (Å²) < 4.78 is 25.1.